The van der Waals surface area contributed by atoms with Gasteiger partial charge in [0.05, 0.1) is 13.2 Å². The number of rotatable bonds is 29. The van der Waals surface area contributed by atoms with Crippen molar-refractivity contribution in [1.82, 2.24) is 15.5 Å². The summed E-state index contributed by atoms with van der Waals surface area (Å²) in [6, 6.07) is 7.83. The molecule has 1 saturated heterocycles. The van der Waals surface area contributed by atoms with E-state index in [0.29, 0.717) is 12.8 Å². The minimum Gasteiger partial charge on any atom is -0.449 e. The van der Waals surface area contributed by atoms with Crippen LogP contribution in [0.4, 0.5) is 9.59 Å². The molecule has 1 aromatic rings. The number of amides is 3. The van der Waals surface area contributed by atoms with Crippen LogP contribution in [0.1, 0.15) is 148 Å². The topological polar surface area (TPSA) is 167 Å². The summed E-state index contributed by atoms with van der Waals surface area (Å²) in [5.74, 6) is -0.688. The lowest BCUT2D eigenvalue weighted by Crippen LogP contribution is -2.69. The predicted octanol–water partition coefficient (Wildman–Crippen LogP) is 7.12. The van der Waals surface area contributed by atoms with Crippen LogP contribution in [0.15, 0.2) is 30.3 Å². The second-order valence-electron chi connectivity index (χ2n) is 14.4. The molecule has 5 N–H and O–H groups in total. The Hall–Kier alpha value is -2.93. The normalized spacial score (nSPS) is 19.8. The molecular weight excluding hydrogens is 678 g/mol. The molecule has 12 heteroatoms. The van der Waals surface area contributed by atoms with E-state index in [0.717, 1.165) is 44.1 Å². The van der Waals surface area contributed by atoms with Gasteiger partial charge in [0.1, 0.15) is 37.5 Å². The number of ether oxygens (including phenoxy) is 3. The van der Waals surface area contributed by atoms with E-state index in [-0.39, 0.29) is 19.8 Å². The molecule has 5 atom stereocenters. The number of nitrogens with one attached hydrogen (secondary N) is 2. The maximum absolute atomic E-state index is 13.6. The number of hydrogen-bond acceptors (Lipinski definition) is 9. The fourth-order valence-corrected chi connectivity index (χ4v) is 6.61. The molecule has 0 unspecified atom stereocenters. The van der Waals surface area contributed by atoms with Crippen LogP contribution in [0, 0.1) is 0 Å². The molecule has 0 aliphatic carbocycles. The number of hydrogen-bond donors (Lipinski definition) is 5. The van der Waals surface area contributed by atoms with Crippen molar-refractivity contribution in [3.63, 3.8) is 0 Å². The van der Waals surface area contributed by atoms with Crippen LogP contribution in [-0.2, 0) is 25.6 Å². The highest BCUT2D eigenvalue weighted by atomic mass is 16.6. The lowest BCUT2D eigenvalue weighted by molar-refractivity contribution is -0.226. The Balaban J connectivity index is 1.99. The number of alkyl carbamates (subject to hydrolysis) is 1. The molecule has 1 fully saturated rings. The largest absolute Gasteiger partial charge is 0.449 e. The van der Waals surface area contributed by atoms with Gasteiger partial charge in [0.15, 0.2) is 6.23 Å². The minimum atomic E-state index is -1.58. The van der Waals surface area contributed by atoms with E-state index < -0.39 is 61.8 Å². The molecule has 0 saturated carbocycles. The maximum atomic E-state index is 13.6. The van der Waals surface area contributed by atoms with Crippen molar-refractivity contribution < 1.29 is 43.9 Å². The first-order valence-electron chi connectivity index (χ1n) is 20.6. The highest BCUT2D eigenvalue weighted by Gasteiger charge is 2.48. The van der Waals surface area contributed by atoms with E-state index in [4.69, 9.17) is 14.2 Å². The van der Waals surface area contributed by atoms with Gasteiger partial charge in [-0.3, -0.25) is 9.69 Å². The number of nitrogens with zero attached hydrogens (tertiary/aromatic N) is 1. The monoisotopic (exact) mass is 750 g/mol. The molecular formula is C41H71N3O9. The highest BCUT2D eigenvalue weighted by molar-refractivity contribution is 5.82. The summed E-state index contributed by atoms with van der Waals surface area (Å²) in [7, 11) is 0. The SMILES string of the molecule is CCCCCCCCCCCCOC(=O)N(CCCCCCCCCCCC)[C@@H]1O[C@H](CO)[C@H](O)[C@H](O)[C@H]1NC(=O)CNC(=O)OCc1ccccc1. The van der Waals surface area contributed by atoms with E-state index in [1.54, 1.807) is 12.1 Å². The third-order valence-electron chi connectivity index (χ3n) is 9.85. The lowest BCUT2D eigenvalue weighted by Gasteiger charge is -2.46. The summed E-state index contributed by atoms with van der Waals surface area (Å²) in [6.07, 6.45) is 15.5. The first kappa shape index (κ1) is 46.2. The number of carbonyl (C=O) groups is 3. The lowest BCUT2D eigenvalue weighted by atomic mass is 9.95. The smallest absolute Gasteiger partial charge is 0.411 e. The van der Waals surface area contributed by atoms with Crippen molar-refractivity contribution in [3.8, 4) is 0 Å². The Labute approximate surface area is 318 Å². The van der Waals surface area contributed by atoms with Crippen molar-refractivity contribution in [1.29, 1.82) is 0 Å². The Kier molecular flexibility index (Phi) is 25.7. The third-order valence-corrected chi connectivity index (χ3v) is 9.85. The van der Waals surface area contributed by atoms with Crippen molar-refractivity contribution in [2.75, 3.05) is 26.3 Å². The predicted molar refractivity (Wildman–Crippen MR) is 206 cm³/mol. The molecule has 304 valence electrons. The molecule has 1 aromatic carbocycles. The first-order chi connectivity index (χ1) is 25.8. The fourth-order valence-electron chi connectivity index (χ4n) is 6.61. The zero-order chi connectivity index (χ0) is 38.5. The molecule has 0 bridgehead atoms. The second-order valence-corrected chi connectivity index (χ2v) is 14.4. The van der Waals surface area contributed by atoms with Gasteiger partial charge in [-0.25, -0.2) is 9.59 Å². The second kappa shape index (κ2) is 29.4. The van der Waals surface area contributed by atoms with Gasteiger partial charge >= 0.3 is 12.2 Å². The van der Waals surface area contributed by atoms with Gasteiger partial charge in [0.2, 0.25) is 5.91 Å². The number of aliphatic hydroxyl groups is 3. The Bertz CT molecular complexity index is 1100. The van der Waals surface area contributed by atoms with Crippen LogP contribution in [0.2, 0.25) is 0 Å². The Morgan fingerprint density at radius 3 is 1.79 bits per heavy atom. The number of carbonyl (C=O) groups excluding carboxylic acids is 3. The number of unbranched alkanes of at least 4 members (excludes halogenated alkanes) is 18. The van der Waals surface area contributed by atoms with Gasteiger partial charge in [-0.2, -0.15) is 0 Å². The van der Waals surface area contributed by atoms with Gasteiger partial charge in [0.25, 0.3) is 0 Å². The molecule has 1 aliphatic rings. The zero-order valence-electron chi connectivity index (χ0n) is 32.7. The Morgan fingerprint density at radius 2 is 1.25 bits per heavy atom. The van der Waals surface area contributed by atoms with E-state index in [1.165, 1.54) is 81.9 Å². The van der Waals surface area contributed by atoms with E-state index >= 15 is 0 Å². The van der Waals surface area contributed by atoms with Crippen LogP contribution >= 0.6 is 0 Å². The maximum Gasteiger partial charge on any atom is 0.411 e. The minimum absolute atomic E-state index is 0.0233. The fraction of sp³-hybridized carbons (Fsp3) is 0.780. The number of benzene rings is 1. The Morgan fingerprint density at radius 1 is 0.717 bits per heavy atom. The van der Waals surface area contributed by atoms with Gasteiger partial charge in [-0.05, 0) is 18.4 Å². The van der Waals surface area contributed by atoms with Crippen molar-refractivity contribution in [2.24, 2.45) is 0 Å². The first-order valence-corrected chi connectivity index (χ1v) is 20.6. The van der Waals surface area contributed by atoms with Crippen LogP contribution in [0.25, 0.3) is 0 Å². The van der Waals surface area contributed by atoms with Crippen molar-refractivity contribution in [2.45, 2.75) is 179 Å². The quantitative estimate of drug-likeness (QED) is 0.0536. The van der Waals surface area contributed by atoms with Crippen LogP contribution < -0.4 is 10.6 Å². The van der Waals surface area contributed by atoms with E-state index in [2.05, 4.69) is 24.5 Å². The summed E-state index contributed by atoms with van der Waals surface area (Å²) >= 11 is 0. The van der Waals surface area contributed by atoms with E-state index in [1.807, 2.05) is 18.2 Å². The highest BCUT2D eigenvalue weighted by Crippen LogP contribution is 2.25. The third kappa shape index (κ3) is 19.8. The molecule has 53 heavy (non-hydrogen) atoms. The van der Waals surface area contributed by atoms with Crippen molar-refractivity contribution >= 4 is 18.1 Å². The average Bonchev–Trinajstić information content (AvgIpc) is 3.17. The molecule has 1 aliphatic heterocycles. The summed E-state index contributed by atoms with van der Waals surface area (Å²) in [4.78, 5) is 40.3. The summed E-state index contributed by atoms with van der Waals surface area (Å²) in [6.45, 7) is 3.82. The number of aliphatic hydroxyl groups excluding tert-OH is 3. The van der Waals surface area contributed by atoms with Gasteiger partial charge < -0.3 is 40.2 Å². The molecule has 0 radical (unpaired) electrons. The van der Waals surface area contributed by atoms with Crippen molar-refractivity contribution in [3.05, 3.63) is 35.9 Å². The molecule has 0 spiro atoms. The summed E-state index contributed by atoms with van der Waals surface area (Å²) in [5.41, 5.74) is 0.785. The van der Waals surface area contributed by atoms with Gasteiger partial charge in [-0.1, -0.05) is 160 Å². The van der Waals surface area contributed by atoms with Crippen LogP contribution in [0.3, 0.4) is 0 Å². The van der Waals surface area contributed by atoms with Crippen LogP contribution in [-0.4, -0.2) is 95.2 Å². The molecule has 0 aromatic heterocycles. The molecule has 12 nitrogen and oxygen atoms in total. The van der Waals surface area contributed by atoms with E-state index in [9.17, 15) is 29.7 Å². The van der Waals surface area contributed by atoms with Gasteiger partial charge in [-0.15, -0.1) is 0 Å². The summed E-state index contributed by atoms with van der Waals surface area (Å²) < 4.78 is 16.9. The molecule has 1 heterocycles. The van der Waals surface area contributed by atoms with Gasteiger partial charge in [0, 0.05) is 6.54 Å². The standard InChI is InChI=1S/C41H71N3O9/c1-3-5-7-9-11-13-15-17-19-24-28-44(41(50)51-29-25-20-18-16-14-12-10-8-6-4-2)39-36(38(48)37(47)34(31-45)53-39)43-35(46)30-42-40(49)52-32-33-26-22-21-23-27-33/h21-23,26-27,34,36-39,45,47-48H,3-20,24-25,28-32H2,1-2H3,(H,42,49)(H,43,46)/t34-,36-,37+,38-,39-/m1/s1. The molecule has 2 rings (SSSR count). The molecule has 3 amide bonds. The summed E-state index contributed by atoms with van der Waals surface area (Å²) in [5, 5.41) is 36.9. The van der Waals surface area contributed by atoms with Crippen LogP contribution in [0.5, 0.6) is 0 Å². The average molecular weight is 750 g/mol. The zero-order valence-corrected chi connectivity index (χ0v) is 32.7.